The van der Waals surface area contributed by atoms with E-state index in [0.717, 1.165) is 4.57 Å². The second-order valence-electron chi connectivity index (χ2n) is 7.56. The zero-order valence-corrected chi connectivity index (χ0v) is 17.4. The lowest BCUT2D eigenvalue weighted by Gasteiger charge is -2.30. The van der Waals surface area contributed by atoms with Crippen molar-refractivity contribution in [3.63, 3.8) is 0 Å². The van der Waals surface area contributed by atoms with Crippen molar-refractivity contribution >= 4 is 11.8 Å². The van der Waals surface area contributed by atoms with Gasteiger partial charge in [0, 0.05) is 31.6 Å². The van der Waals surface area contributed by atoms with Gasteiger partial charge in [-0.2, -0.15) is 18.4 Å². The highest BCUT2D eigenvalue weighted by Gasteiger charge is 2.41. The first kappa shape index (κ1) is 25.0. The number of nitrogens with zero attached hydrogens (tertiary/aromatic N) is 4. The van der Waals surface area contributed by atoms with Gasteiger partial charge in [-0.15, -0.1) is 0 Å². The van der Waals surface area contributed by atoms with Crippen molar-refractivity contribution in [1.82, 2.24) is 19.8 Å². The quantitative estimate of drug-likeness (QED) is 0.366. The zero-order chi connectivity index (χ0) is 25.2. The number of rotatable bonds is 6. The lowest BCUT2D eigenvalue weighted by atomic mass is 10.0. The van der Waals surface area contributed by atoms with Gasteiger partial charge < -0.3 is 20.5 Å². The van der Waals surface area contributed by atoms with E-state index in [1.54, 1.807) is 6.07 Å². The molecule has 0 bridgehead atoms. The molecule has 34 heavy (non-hydrogen) atoms. The van der Waals surface area contributed by atoms with E-state index in [1.807, 2.05) is 0 Å². The van der Waals surface area contributed by atoms with Crippen LogP contribution in [0.5, 0.6) is 0 Å². The summed E-state index contributed by atoms with van der Waals surface area (Å²) in [7, 11) is 0. The predicted molar refractivity (Wildman–Crippen MR) is 103 cm³/mol. The summed E-state index contributed by atoms with van der Waals surface area (Å²) in [6, 6.07) is 1.63. The molecule has 182 valence electrons. The number of hydrogen-bond donors (Lipinski definition) is 2. The summed E-state index contributed by atoms with van der Waals surface area (Å²) in [5.74, 6) is -6.58. The minimum absolute atomic E-state index is 0.142. The van der Waals surface area contributed by atoms with Gasteiger partial charge in [0.05, 0.1) is 18.3 Å². The predicted octanol–water partition coefficient (Wildman–Crippen LogP) is 1.87. The highest BCUT2D eigenvalue weighted by atomic mass is 19.4. The largest absolute Gasteiger partial charge is 0.449 e. The molecule has 0 fully saturated rings. The molecule has 0 radical (unpaired) electrons. The van der Waals surface area contributed by atoms with Gasteiger partial charge in [-0.25, -0.2) is 18.2 Å². The maximum Gasteiger partial charge on any atom is 0.449 e. The van der Waals surface area contributed by atoms with Crippen LogP contribution in [0.3, 0.4) is 0 Å². The third kappa shape index (κ3) is 5.30. The number of nitrogens with one attached hydrogen (secondary N) is 1. The molecule has 1 atom stereocenters. The average molecular weight is 488 g/mol. The van der Waals surface area contributed by atoms with E-state index < -0.39 is 59.5 Å². The molecule has 3 rings (SSSR count). The van der Waals surface area contributed by atoms with Crippen molar-refractivity contribution in [2.45, 2.75) is 38.1 Å². The summed E-state index contributed by atoms with van der Waals surface area (Å²) in [6.45, 7) is -1.29. The Morgan fingerprint density at radius 1 is 1.18 bits per heavy atom. The number of nitrogens with two attached hydrogens (primary N) is 1. The molecule has 1 aromatic heterocycles. The van der Waals surface area contributed by atoms with Crippen LogP contribution in [0.1, 0.15) is 34.0 Å². The van der Waals surface area contributed by atoms with Crippen molar-refractivity contribution in [2.24, 2.45) is 5.73 Å². The van der Waals surface area contributed by atoms with Crippen LogP contribution in [0.4, 0.5) is 26.3 Å². The number of halogens is 6. The molecule has 0 spiro atoms. The Kier molecular flexibility index (Phi) is 7.15. The second kappa shape index (κ2) is 9.72. The molecular formula is C20H18F6N6O2. The fourth-order valence-electron chi connectivity index (χ4n) is 3.61. The number of fused-ring (bicyclic) bond motifs is 1. The Balaban J connectivity index is 1.76. The highest BCUT2D eigenvalue weighted by molar-refractivity contribution is 5.94. The summed E-state index contributed by atoms with van der Waals surface area (Å²) >= 11 is 0. The molecule has 1 unspecified atom stereocenters. The standard InChI is InChI=1S/C20H18F6N6O2/c21-12-8-14(23)13(22)6-10(12)5-11(28)7-16(33)31-3-4-32-15(9-31)17(18(34)29-2-1-27)30-19(32)20(24,25)26/h6,8,11H,2-5,7,9,28H2,(H,29,34). The van der Waals surface area contributed by atoms with E-state index in [1.165, 1.54) is 4.90 Å². The number of aromatic nitrogens is 2. The number of alkyl halides is 3. The van der Waals surface area contributed by atoms with E-state index in [4.69, 9.17) is 11.0 Å². The lowest BCUT2D eigenvalue weighted by Crippen LogP contribution is -2.42. The molecule has 0 aliphatic carbocycles. The van der Waals surface area contributed by atoms with Gasteiger partial charge in [0.2, 0.25) is 11.7 Å². The van der Waals surface area contributed by atoms with Crippen molar-refractivity contribution in [3.8, 4) is 6.07 Å². The normalized spacial score (nSPS) is 14.4. The molecular weight excluding hydrogens is 470 g/mol. The molecule has 14 heteroatoms. The molecule has 1 aliphatic rings. The van der Waals surface area contributed by atoms with Crippen LogP contribution >= 0.6 is 0 Å². The van der Waals surface area contributed by atoms with Crippen molar-refractivity contribution < 1.29 is 35.9 Å². The topological polar surface area (TPSA) is 117 Å². The summed E-state index contributed by atoms with van der Waals surface area (Å²) in [5, 5.41) is 10.7. The first-order valence-corrected chi connectivity index (χ1v) is 9.90. The van der Waals surface area contributed by atoms with Crippen LogP contribution in [-0.2, 0) is 30.5 Å². The molecule has 2 heterocycles. The van der Waals surface area contributed by atoms with E-state index in [-0.39, 0.29) is 43.7 Å². The van der Waals surface area contributed by atoms with Crippen LogP contribution in [0.25, 0.3) is 0 Å². The summed E-state index contributed by atoms with van der Waals surface area (Å²) in [6.07, 6.45) is -5.51. The number of benzene rings is 1. The van der Waals surface area contributed by atoms with Crippen molar-refractivity contribution in [2.75, 3.05) is 13.1 Å². The van der Waals surface area contributed by atoms with Gasteiger partial charge in [0.1, 0.15) is 12.4 Å². The average Bonchev–Trinajstić information content (AvgIpc) is 3.15. The fraction of sp³-hybridized carbons (Fsp3) is 0.400. The van der Waals surface area contributed by atoms with Crippen LogP contribution in [0.15, 0.2) is 12.1 Å². The van der Waals surface area contributed by atoms with E-state index >= 15 is 0 Å². The van der Waals surface area contributed by atoms with Crippen LogP contribution < -0.4 is 11.1 Å². The Labute approximate surface area is 188 Å². The smallest absolute Gasteiger partial charge is 0.338 e. The maximum atomic E-state index is 13.8. The third-order valence-corrected chi connectivity index (χ3v) is 5.16. The number of nitriles is 1. The number of amides is 2. The Morgan fingerprint density at radius 2 is 1.85 bits per heavy atom. The molecule has 2 aromatic rings. The summed E-state index contributed by atoms with van der Waals surface area (Å²) < 4.78 is 81.2. The van der Waals surface area contributed by atoms with Crippen molar-refractivity contribution in [1.29, 1.82) is 5.26 Å². The maximum absolute atomic E-state index is 13.8. The number of carbonyl (C=O) groups is 2. The SMILES string of the molecule is N#CCNC(=O)c1nc(C(F)(F)F)n2c1CN(C(=O)CC(N)Cc1cc(F)c(F)cc1F)CC2. The first-order valence-electron chi connectivity index (χ1n) is 9.90. The van der Waals surface area contributed by atoms with E-state index in [0.29, 0.717) is 12.1 Å². The van der Waals surface area contributed by atoms with Gasteiger partial charge in [0.25, 0.3) is 5.91 Å². The van der Waals surface area contributed by atoms with Crippen LogP contribution in [0.2, 0.25) is 0 Å². The molecule has 0 saturated carbocycles. The number of imidazole rings is 1. The van der Waals surface area contributed by atoms with Gasteiger partial charge in [0.15, 0.2) is 17.3 Å². The van der Waals surface area contributed by atoms with Gasteiger partial charge in [-0.05, 0) is 18.1 Å². The number of hydrogen-bond acceptors (Lipinski definition) is 5. The Morgan fingerprint density at radius 3 is 2.50 bits per heavy atom. The highest BCUT2D eigenvalue weighted by Crippen LogP contribution is 2.32. The minimum atomic E-state index is -4.86. The molecule has 0 saturated heterocycles. The van der Waals surface area contributed by atoms with E-state index in [9.17, 15) is 35.9 Å². The van der Waals surface area contributed by atoms with Crippen molar-refractivity contribution in [3.05, 3.63) is 52.4 Å². The van der Waals surface area contributed by atoms with Gasteiger partial charge >= 0.3 is 6.18 Å². The summed E-state index contributed by atoms with van der Waals surface area (Å²) in [5.41, 5.74) is 4.91. The molecule has 8 nitrogen and oxygen atoms in total. The van der Waals surface area contributed by atoms with Gasteiger partial charge in [-0.1, -0.05) is 0 Å². The minimum Gasteiger partial charge on any atom is -0.338 e. The van der Waals surface area contributed by atoms with E-state index in [2.05, 4.69) is 10.3 Å². The third-order valence-electron chi connectivity index (χ3n) is 5.16. The van der Waals surface area contributed by atoms with Crippen LogP contribution in [-0.4, -0.2) is 45.4 Å². The summed E-state index contributed by atoms with van der Waals surface area (Å²) in [4.78, 5) is 29.5. The second-order valence-corrected chi connectivity index (χ2v) is 7.56. The fourth-order valence-corrected chi connectivity index (χ4v) is 3.61. The Bertz CT molecular complexity index is 1160. The van der Waals surface area contributed by atoms with Crippen LogP contribution in [0, 0.1) is 28.8 Å². The molecule has 3 N–H and O–H groups in total. The molecule has 2 amide bonds. The monoisotopic (exact) mass is 488 g/mol. The molecule has 1 aliphatic heterocycles. The number of carbonyl (C=O) groups excluding carboxylic acids is 2. The first-order chi connectivity index (χ1) is 15.9. The molecule has 1 aromatic carbocycles. The zero-order valence-electron chi connectivity index (χ0n) is 17.4. The lowest BCUT2D eigenvalue weighted by molar-refractivity contribution is -0.148. The Hall–Kier alpha value is -3.60. The van der Waals surface area contributed by atoms with Gasteiger partial charge in [-0.3, -0.25) is 9.59 Å².